The Labute approximate surface area is 60.6 Å². The van der Waals surface area contributed by atoms with Crippen LogP contribution in [0.4, 0.5) is 0 Å². The smallest absolute Gasteiger partial charge is 0.342 e. The van der Waals surface area contributed by atoms with Crippen molar-refractivity contribution in [3.05, 3.63) is 0 Å². The van der Waals surface area contributed by atoms with Crippen LogP contribution >= 0.6 is 0 Å². The zero-order valence-electron chi connectivity index (χ0n) is 6.79. The molecule has 4 heteroatoms. The largest absolute Gasteiger partial charge is 0.363 e. The molecular formula is C6H14NO3+. The third kappa shape index (κ3) is 2.80. The van der Waals surface area contributed by atoms with Gasteiger partial charge in [0.05, 0.1) is 0 Å². The summed E-state index contributed by atoms with van der Waals surface area (Å²) in [6.45, 7) is 2.87. The van der Waals surface area contributed by atoms with E-state index in [1.54, 1.807) is 21.0 Å². The van der Waals surface area contributed by atoms with E-state index >= 15 is 0 Å². The van der Waals surface area contributed by atoms with Gasteiger partial charge in [-0.1, -0.05) is 0 Å². The van der Waals surface area contributed by atoms with E-state index < -0.39 is 12.2 Å². The van der Waals surface area contributed by atoms with Crippen LogP contribution in [-0.2, 0) is 9.63 Å². The summed E-state index contributed by atoms with van der Waals surface area (Å²) >= 11 is 0. The van der Waals surface area contributed by atoms with Gasteiger partial charge in [0, 0.05) is 13.8 Å². The summed E-state index contributed by atoms with van der Waals surface area (Å²) in [5.74, 6) is -0.397. The highest BCUT2D eigenvalue weighted by atomic mass is 16.8. The summed E-state index contributed by atoms with van der Waals surface area (Å²) in [6.07, 6.45) is -0.705. The molecule has 0 amide bonds. The predicted molar refractivity (Wildman–Crippen MR) is 35.6 cm³/mol. The lowest BCUT2D eigenvalue weighted by Crippen LogP contribution is -2.48. The Morgan fingerprint density at radius 1 is 1.60 bits per heavy atom. The van der Waals surface area contributed by atoms with Crippen LogP contribution in [0.3, 0.4) is 0 Å². The van der Waals surface area contributed by atoms with Gasteiger partial charge < -0.3 is 5.11 Å². The van der Waals surface area contributed by atoms with Crippen LogP contribution in [0.15, 0.2) is 0 Å². The summed E-state index contributed by atoms with van der Waals surface area (Å²) in [4.78, 5) is 15.2. The lowest BCUT2D eigenvalue weighted by Gasteiger charge is -2.27. The van der Waals surface area contributed by atoms with E-state index in [4.69, 9.17) is 9.94 Å². The van der Waals surface area contributed by atoms with Crippen LogP contribution in [0.25, 0.3) is 0 Å². The fourth-order valence-electron chi connectivity index (χ4n) is 0.408. The first kappa shape index (κ1) is 9.39. The summed E-state index contributed by atoms with van der Waals surface area (Å²) in [5.41, 5.74) is 0. The summed E-state index contributed by atoms with van der Waals surface area (Å²) < 4.78 is -0.157. The fourth-order valence-corrected chi connectivity index (χ4v) is 0.408. The molecule has 10 heavy (non-hydrogen) atoms. The van der Waals surface area contributed by atoms with E-state index in [-0.39, 0.29) is 4.65 Å². The van der Waals surface area contributed by atoms with E-state index in [1.807, 2.05) is 0 Å². The van der Waals surface area contributed by atoms with Gasteiger partial charge in [0.25, 0.3) is 0 Å². The Morgan fingerprint density at radius 3 is 2.10 bits per heavy atom. The van der Waals surface area contributed by atoms with Gasteiger partial charge in [-0.15, -0.1) is 4.65 Å². The second-order valence-corrected chi connectivity index (χ2v) is 2.65. The standard InChI is InChI=1S/C6H14NO3/c1-5(8)7(3,4)10-6(2)9/h5,8H,1-4H3/q+1. The number of aliphatic hydroxyl groups is 1. The van der Waals surface area contributed by atoms with Gasteiger partial charge in [-0.05, 0) is 0 Å². The van der Waals surface area contributed by atoms with Crippen molar-refractivity contribution < 1.29 is 19.4 Å². The van der Waals surface area contributed by atoms with Crippen molar-refractivity contribution in [2.24, 2.45) is 0 Å². The molecule has 0 rings (SSSR count). The van der Waals surface area contributed by atoms with Crippen molar-refractivity contribution in [2.75, 3.05) is 14.1 Å². The van der Waals surface area contributed by atoms with Gasteiger partial charge in [0.15, 0.2) is 0 Å². The van der Waals surface area contributed by atoms with Crippen molar-refractivity contribution in [3.8, 4) is 0 Å². The molecule has 1 unspecified atom stereocenters. The first-order valence-electron chi connectivity index (χ1n) is 3.08. The normalized spacial score (nSPS) is 14.5. The van der Waals surface area contributed by atoms with E-state index in [1.165, 1.54) is 6.92 Å². The topological polar surface area (TPSA) is 46.5 Å². The fraction of sp³-hybridized carbons (Fsp3) is 0.833. The molecule has 0 saturated carbocycles. The predicted octanol–water partition coefficient (Wildman–Crippen LogP) is -0.121. The molecule has 0 radical (unpaired) electrons. The van der Waals surface area contributed by atoms with E-state index in [0.717, 1.165) is 0 Å². The molecule has 0 saturated heterocycles. The molecule has 0 aromatic heterocycles. The van der Waals surface area contributed by atoms with Gasteiger partial charge in [-0.3, -0.25) is 4.84 Å². The highest BCUT2D eigenvalue weighted by Gasteiger charge is 2.25. The van der Waals surface area contributed by atoms with Crippen LogP contribution in [0.1, 0.15) is 13.8 Å². The van der Waals surface area contributed by atoms with Crippen LogP contribution in [-0.4, -0.2) is 36.0 Å². The molecule has 0 aliphatic carbocycles. The number of hydroxylamine groups is 3. The maximum atomic E-state index is 10.4. The van der Waals surface area contributed by atoms with Gasteiger partial charge in [0.2, 0.25) is 6.23 Å². The van der Waals surface area contributed by atoms with Gasteiger partial charge in [-0.2, -0.15) is 0 Å². The quantitative estimate of drug-likeness (QED) is 0.337. The number of carbonyl (C=O) groups excluding carboxylic acids is 1. The number of carbonyl (C=O) groups is 1. The molecule has 0 aliphatic heterocycles. The van der Waals surface area contributed by atoms with Gasteiger partial charge in [-0.25, -0.2) is 4.79 Å². The molecule has 0 aromatic rings. The molecule has 0 fully saturated rings. The van der Waals surface area contributed by atoms with Gasteiger partial charge >= 0.3 is 5.97 Å². The minimum atomic E-state index is -0.705. The average molecular weight is 148 g/mol. The summed E-state index contributed by atoms with van der Waals surface area (Å²) in [6, 6.07) is 0. The highest BCUT2D eigenvalue weighted by molar-refractivity contribution is 5.65. The van der Waals surface area contributed by atoms with Crippen LogP contribution in [0.5, 0.6) is 0 Å². The molecule has 0 heterocycles. The molecule has 0 aliphatic rings. The number of rotatable bonds is 2. The number of quaternary nitrogens is 1. The molecule has 1 N–H and O–H groups in total. The number of hydrogen-bond donors (Lipinski definition) is 1. The third-order valence-corrected chi connectivity index (χ3v) is 1.26. The number of nitrogens with zero attached hydrogens (tertiary/aromatic N) is 1. The second kappa shape index (κ2) is 2.98. The van der Waals surface area contributed by atoms with Crippen molar-refractivity contribution in [2.45, 2.75) is 20.1 Å². The Hall–Kier alpha value is -0.610. The van der Waals surface area contributed by atoms with Crippen molar-refractivity contribution in [1.82, 2.24) is 0 Å². The minimum Gasteiger partial charge on any atom is -0.342 e. The summed E-state index contributed by atoms with van der Waals surface area (Å²) in [7, 11) is 3.21. The van der Waals surface area contributed by atoms with E-state index in [0.29, 0.717) is 0 Å². The number of aliphatic hydroxyl groups excluding tert-OH is 1. The Morgan fingerprint density at radius 2 is 2.00 bits per heavy atom. The molecular weight excluding hydrogens is 134 g/mol. The Kier molecular flexibility index (Phi) is 2.80. The average Bonchev–Trinajstić information content (AvgIpc) is 1.60. The molecule has 0 bridgehead atoms. The van der Waals surface area contributed by atoms with Crippen LogP contribution < -0.4 is 0 Å². The monoisotopic (exact) mass is 148 g/mol. The van der Waals surface area contributed by atoms with Crippen LogP contribution in [0, 0.1) is 0 Å². The summed E-state index contributed by atoms with van der Waals surface area (Å²) in [5, 5.41) is 9.02. The maximum absolute atomic E-state index is 10.4. The van der Waals surface area contributed by atoms with Gasteiger partial charge in [0.1, 0.15) is 14.1 Å². The SMILES string of the molecule is CC(=O)O[N+](C)(C)C(C)O. The molecule has 0 aromatic carbocycles. The first-order valence-corrected chi connectivity index (χ1v) is 3.08. The van der Waals surface area contributed by atoms with Crippen LogP contribution in [0.2, 0.25) is 0 Å². The lowest BCUT2D eigenvalue weighted by molar-refractivity contribution is -1.09. The zero-order chi connectivity index (χ0) is 8.36. The van der Waals surface area contributed by atoms with E-state index in [9.17, 15) is 4.79 Å². The third-order valence-electron chi connectivity index (χ3n) is 1.26. The van der Waals surface area contributed by atoms with Crippen molar-refractivity contribution in [1.29, 1.82) is 0 Å². The minimum absolute atomic E-state index is 0.157. The van der Waals surface area contributed by atoms with Crippen molar-refractivity contribution >= 4 is 5.97 Å². The molecule has 0 spiro atoms. The number of hydrogen-bond acceptors (Lipinski definition) is 3. The molecule has 4 nitrogen and oxygen atoms in total. The Balaban J connectivity index is 3.99. The van der Waals surface area contributed by atoms with E-state index in [2.05, 4.69) is 0 Å². The highest BCUT2D eigenvalue weighted by Crippen LogP contribution is 2.03. The first-order chi connectivity index (χ1) is 4.36. The molecule has 1 atom stereocenters. The lowest BCUT2D eigenvalue weighted by atomic mass is 10.6. The molecule has 60 valence electrons. The second-order valence-electron chi connectivity index (χ2n) is 2.65. The zero-order valence-corrected chi connectivity index (χ0v) is 6.79. The maximum Gasteiger partial charge on any atom is 0.363 e. The van der Waals surface area contributed by atoms with Crippen molar-refractivity contribution in [3.63, 3.8) is 0 Å². The Bertz CT molecular complexity index is 131.